The first-order valence-corrected chi connectivity index (χ1v) is 5.72. The van der Waals surface area contributed by atoms with Crippen LogP contribution in [-0.4, -0.2) is 20.1 Å². The van der Waals surface area contributed by atoms with Gasteiger partial charge in [-0.3, -0.25) is 0 Å². The van der Waals surface area contributed by atoms with Gasteiger partial charge in [0.15, 0.2) is 0 Å². The van der Waals surface area contributed by atoms with Crippen molar-refractivity contribution >= 4 is 5.97 Å². The predicted molar refractivity (Wildman–Crippen MR) is 69.1 cm³/mol. The van der Waals surface area contributed by atoms with Crippen molar-refractivity contribution in [2.24, 2.45) is 0 Å². The lowest BCUT2D eigenvalue weighted by atomic mass is 9.84. The van der Waals surface area contributed by atoms with Crippen LogP contribution in [0, 0.1) is 20.8 Å². The minimum Gasteiger partial charge on any atom is -0.467 e. The average Bonchev–Trinajstić information content (AvgIpc) is 2.26. The highest BCUT2D eigenvalue weighted by atomic mass is 16.5. The summed E-state index contributed by atoms with van der Waals surface area (Å²) in [6.07, 6.45) is 0. The molecule has 0 radical (unpaired) electrons. The molecule has 0 amide bonds. The topological polar surface area (TPSA) is 38.3 Å². The van der Waals surface area contributed by atoms with E-state index in [1.807, 2.05) is 20.8 Å². The number of carbonyl (C=O) groups excluding carboxylic acids is 1. The van der Waals surface area contributed by atoms with Crippen LogP contribution in [0.1, 0.15) is 29.2 Å². The van der Waals surface area contributed by atoms with Gasteiger partial charge in [0.2, 0.25) is 0 Å². The van der Waals surface area contributed by atoms with E-state index in [2.05, 4.69) is 24.4 Å². The van der Waals surface area contributed by atoms with Gasteiger partial charge in [0.25, 0.3) is 0 Å². The van der Waals surface area contributed by atoms with Crippen LogP contribution >= 0.6 is 0 Å². The van der Waals surface area contributed by atoms with Gasteiger partial charge < -0.3 is 10.1 Å². The molecule has 94 valence electrons. The molecule has 0 aliphatic heterocycles. The van der Waals surface area contributed by atoms with Gasteiger partial charge in [0.1, 0.15) is 5.54 Å². The summed E-state index contributed by atoms with van der Waals surface area (Å²) in [7, 11) is 3.19. The summed E-state index contributed by atoms with van der Waals surface area (Å²) < 4.78 is 4.90. The standard InChI is InChI=1S/C14H21NO2/c1-9-7-10(2)12(11(3)8-9)14(4,15-5)13(16)17-6/h7-8,15H,1-6H3. The fourth-order valence-electron chi connectivity index (χ4n) is 2.50. The quantitative estimate of drug-likeness (QED) is 0.816. The lowest BCUT2D eigenvalue weighted by Crippen LogP contribution is -2.46. The number of ether oxygens (including phenoxy) is 1. The Balaban J connectivity index is 3.45. The third-order valence-corrected chi connectivity index (χ3v) is 3.27. The zero-order chi connectivity index (χ0) is 13.2. The number of aryl methyl sites for hydroxylation is 3. The van der Waals surface area contributed by atoms with Crippen molar-refractivity contribution in [1.82, 2.24) is 5.32 Å². The van der Waals surface area contributed by atoms with E-state index in [1.165, 1.54) is 12.7 Å². The van der Waals surface area contributed by atoms with Gasteiger partial charge in [-0.25, -0.2) is 4.79 Å². The van der Waals surface area contributed by atoms with E-state index >= 15 is 0 Å². The summed E-state index contributed by atoms with van der Waals surface area (Å²) in [4.78, 5) is 12.0. The van der Waals surface area contributed by atoms with Gasteiger partial charge in [-0.1, -0.05) is 17.7 Å². The Morgan fingerprint density at radius 1 is 1.24 bits per heavy atom. The molecule has 1 atom stereocenters. The molecule has 0 saturated heterocycles. The Morgan fingerprint density at radius 3 is 2.06 bits per heavy atom. The summed E-state index contributed by atoms with van der Waals surface area (Å²) >= 11 is 0. The maximum atomic E-state index is 12.0. The van der Waals surface area contributed by atoms with Crippen LogP contribution in [0.4, 0.5) is 0 Å². The first-order valence-electron chi connectivity index (χ1n) is 5.72. The van der Waals surface area contributed by atoms with Gasteiger partial charge in [-0.05, 0) is 51.4 Å². The molecule has 1 N–H and O–H groups in total. The van der Waals surface area contributed by atoms with E-state index in [-0.39, 0.29) is 5.97 Å². The van der Waals surface area contributed by atoms with Gasteiger partial charge in [-0.15, -0.1) is 0 Å². The first-order chi connectivity index (χ1) is 7.86. The summed E-state index contributed by atoms with van der Waals surface area (Å²) in [6.45, 7) is 7.95. The second-order valence-corrected chi connectivity index (χ2v) is 4.64. The van der Waals surface area contributed by atoms with Crippen LogP contribution in [0.15, 0.2) is 12.1 Å². The van der Waals surface area contributed by atoms with E-state index in [0.717, 1.165) is 16.7 Å². The molecule has 1 aromatic rings. The maximum absolute atomic E-state index is 12.0. The van der Waals surface area contributed by atoms with Crippen LogP contribution in [0.3, 0.4) is 0 Å². The molecule has 0 aliphatic rings. The van der Waals surface area contributed by atoms with Gasteiger partial charge in [0, 0.05) is 0 Å². The molecule has 3 heteroatoms. The number of nitrogens with one attached hydrogen (secondary N) is 1. The first kappa shape index (κ1) is 13.7. The van der Waals surface area contributed by atoms with Crippen LogP contribution in [0.5, 0.6) is 0 Å². The molecular formula is C14H21NO2. The lowest BCUT2D eigenvalue weighted by Gasteiger charge is -2.30. The number of hydrogen-bond donors (Lipinski definition) is 1. The zero-order valence-corrected chi connectivity index (χ0v) is 11.5. The molecule has 17 heavy (non-hydrogen) atoms. The second-order valence-electron chi connectivity index (χ2n) is 4.64. The molecule has 0 saturated carbocycles. The SMILES string of the molecule is CNC(C)(C(=O)OC)c1c(C)cc(C)cc1C. The van der Waals surface area contributed by atoms with E-state index < -0.39 is 5.54 Å². The number of likely N-dealkylation sites (N-methyl/N-ethyl adjacent to an activating group) is 1. The van der Waals surface area contributed by atoms with E-state index in [1.54, 1.807) is 7.05 Å². The van der Waals surface area contributed by atoms with Crippen molar-refractivity contribution in [1.29, 1.82) is 0 Å². The van der Waals surface area contributed by atoms with Gasteiger partial charge in [-0.2, -0.15) is 0 Å². The molecule has 1 aromatic carbocycles. The molecule has 3 nitrogen and oxygen atoms in total. The van der Waals surface area contributed by atoms with Crippen molar-refractivity contribution < 1.29 is 9.53 Å². The normalized spacial score (nSPS) is 14.2. The molecule has 0 aliphatic carbocycles. The fourth-order valence-corrected chi connectivity index (χ4v) is 2.50. The predicted octanol–water partition coefficient (Wildman–Crippen LogP) is 2.22. The van der Waals surface area contributed by atoms with Crippen LogP contribution < -0.4 is 5.32 Å². The second kappa shape index (κ2) is 4.88. The smallest absolute Gasteiger partial charge is 0.330 e. The summed E-state index contributed by atoms with van der Waals surface area (Å²) in [6, 6.07) is 4.17. The van der Waals surface area contributed by atoms with Crippen molar-refractivity contribution in [3.63, 3.8) is 0 Å². The van der Waals surface area contributed by atoms with Crippen molar-refractivity contribution in [2.45, 2.75) is 33.2 Å². The molecule has 1 rings (SSSR count). The third-order valence-electron chi connectivity index (χ3n) is 3.27. The molecule has 0 spiro atoms. The highest BCUT2D eigenvalue weighted by Gasteiger charge is 2.37. The number of benzene rings is 1. The Hall–Kier alpha value is -1.35. The summed E-state index contributed by atoms with van der Waals surface area (Å²) in [5, 5.41) is 3.07. The van der Waals surface area contributed by atoms with Gasteiger partial charge >= 0.3 is 5.97 Å². The van der Waals surface area contributed by atoms with Gasteiger partial charge in [0.05, 0.1) is 7.11 Å². The highest BCUT2D eigenvalue weighted by molar-refractivity contribution is 5.83. The lowest BCUT2D eigenvalue weighted by molar-refractivity contribution is -0.148. The number of esters is 1. The fraction of sp³-hybridized carbons (Fsp3) is 0.500. The summed E-state index contributed by atoms with van der Waals surface area (Å²) in [5.41, 5.74) is 3.61. The monoisotopic (exact) mass is 235 g/mol. The Morgan fingerprint density at radius 2 is 1.71 bits per heavy atom. The van der Waals surface area contributed by atoms with Crippen molar-refractivity contribution in [3.05, 3.63) is 34.4 Å². The minimum absolute atomic E-state index is 0.268. The minimum atomic E-state index is -0.795. The molecule has 0 aromatic heterocycles. The van der Waals surface area contributed by atoms with E-state index in [9.17, 15) is 4.79 Å². The Labute approximate surface area is 103 Å². The number of methoxy groups -OCH3 is 1. The third kappa shape index (κ3) is 2.34. The number of hydrogen-bond acceptors (Lipinski definition) is 3. The zero-order valence-electron chi connectivity index (χ0n) is 11.5. The van der Waals surface area contributed by atoms with Crippen molar-refractivity contribution in [2.75, 3.05) is 14.2 Å². The molecule has 1 unspecified atom stereocenters. The largest absolute Gasteiger partial charge is 0.467 e. The highest BCUT2D eigenvalue weighted by Crippen LogP contribution is 2.29. The van der Waals surface area contributed by atoms with E-state index in [4.69, 9.17) is 4.74 Å². The van der Waals surface area contributed by atoms with Crippen LogP contribution in [-0.2, 0) is 15.1 Å². The summed E-state index contributed by atoms with van der Waals surface area (Å²) in [5.74, 6) is -0.268. The average molecular weight is 235 g/mol. The Bertz CT molecular complexity index is 417. The molecule has 0 heterocycles. The molecular weight excluding hydrogens is 214 g/mol. The maximum Gasteiger partial charge on any atom is 0.330 e. The number of rotatable bonds is 3. The van der Waals surface area contributed by atoms with Crippen LogP contribution in [0.25, 0.3) is 0 Å². The number of carbonyl (C=O) groups is 1. The Kier molecular flexibility index (Phi) is 3.94. The molecule has 0 fully saturated rings. The van der Waals surface area contributed by atoms with Crippen molar-refractivity contribution in [3.8, 4) is 0 Å². The molecule has 0 bridgehead atoms. The van der Waals surface area contributed by atoms with E-state index in [0.29, 0.717) is 0 Å². The van der Waals surface area contributed by atoms with Crippen LogP contribution in [0.2, 0.25) is 0 Å².